The Kier molecular flexibility index (Phi) is 6.60. The molecule has 0 aliphatic rings. The first-order chi connectivity index (χ1) is 14.5. The number of nitrogens with zero attached hydrogens (tertiary/aromatic N) is 1. The van der Waals surface area contributed by atoms with Gasteiger partial charge in [0.25, 0.3) is 5.69 Å². The van der Waals surface area contributed by atoms with Gasteiger partial charge in [-0.3, -0.25) is 14.9 Å². The van der Waals surface area contributed by atoms with E-state index in [1.807, 2.05) is 37.3 Å². The third-order valence-corrected chi connectivity index (χ3v) is 4.51. The zero-order valence-corrected chi connectivity index (χ0v) is 16.7. The molecule has 0 atom stereocenters. The summed E-state index contributed by atoms with van der Waals surface area (Å²) in [6, 6.07) is 18.8. The Bertz CT molecular complexity index is 1070. The molecule has 0 aliphatic carbocycles. The topological polar surface area (TPSA) is 78.7 Å². The van der Waals surface area contributed by atoms with Crippen molar-refractivity contribution < 1.29 is 19.2 Å². The molecule has 0 spiro atoms. The highest BCUT2D eigenvalue weighted by atomic mass is 16.6. The molecule has 0 radical (unpaired) electrons. The number of hydrogen-bond donors (Lipinski definition) is 0. The van der Waals surface area contributed by atoms with Crippen LogP contribution < -0.4 is 9.47 Å². The number of benzene rings is 3. The minimum Gasteiger partial charge on any atom is -0.496 e. The van der Waals surface area contributed by atoms with Gasteiger partial charge in [0, 0.05) is 23.3 Å². The molecule has 0 unspecified atom stereocenters. The number of carbonyl (C=O) groups excluding carboxylic acids is 1. The largest absolute Gasteiger partial charge is 0.496 e. The normalized spacial score (nSPS) is 10.7. The Morgan fingerprint density at radius 3 is 2.37 bits per heavy atom. The number of aryl methyl sites for hydroxylation is 1. The van der Waals surface area contributed by atoms with E-state index in [-0.39, 0.29) is 18.1 Å². The van der Waals surface area contributed by atoms with Gasteiger partial charge < -0.3 is 9.47 Å². The van der Waals surface area contributed by atoms with Gasteiger partial charge in [-0.25, -0.2) is 0 Å². The van der Waals surface area contributed by atoms with Gasteiger partial charge in [-0.15, -0.1) is 0 Å². The highest BCUT2D eigenvalue weighted by molar-refractivity contribution is 6.06. The van der Waals surface area contributed by atoms with Crippen LogP contribution in [0.25, 0.3) is 6.08 Å². The zero-order valence-electron chi connectivity index (χ0n) is 16.7. The van der Waals surface area contributed by atoms with Crippen molar-refractivity contribution >= 4 is 17.5 Å². The summed E-state index contributed by atoms with van der Waals surface area (Å²) < 4.78 is 11.1. The molecule has 3 aromatic carbocycles. The Hall–Kier alpha value is -3.93. The van der Waals surface area contributed by atoms with E-state index in [1.165, 1.54) is 18.2 Å². The average Bonchev–Trinajstić information content (AvgIpc) is 2.76. The number of ether oxygens (including phenoxy) is 2. The average molecular weight is 403 g/mol. The lowest BCUT2D eigenvalue weighted by Crippen LogP contribution is -2.00. The Labute approximate surface area is 174 Å². The number of hydrogen-bond acceptors (Lipinski definition) is 5. The molecule has 0 N–H and O–H groups in total. The summed E-state index contributed by atoms with van der Waals surface area (Å²) in [7, 11) is 1.57. The standard InChI is InChI=1S/C24H21NO5/c1-17-3-7-19(8-4-17)23(26)13-5-18-6-14-24(29-2)20(15-18)16-30-22-11-9-21(10-12-22)25(27)28/h3-15H,16H2,1-2H3/b13-5+. The highest BCUT2D eigenvalue weighted by Gasteiger charge is 2.08. The first-order valence-electron chi connectivity index (χ1n) is 9.29. The number of non-ortho nitro benzene ring substituents is 1. The molecule has 0 saturated heterocycles. The van der Waals surface area contributed by atoms with Crippen LogP contribution in [0.2, 0.25) is 0 Å². The maximum Gasteiger partial charge on any atom is 0.269 e. The van der Waals surface area contributed by atoms with E-state index in [1.54, 1.807) is 37.5 Å². The lowest BCUT2D eigenvalue weighted by molar-refractivity contribution is -0.384. The molecule has 6 heteroatoms. The van der Waals surface area contributed by atoms with Gasteiger partial charge in [-0.1, -0.05) is 42.0 Å². The van der Waals surface area contributed by atoms with Crippen molar-refractivity contribution in [2.45, 2.75) is 13.5 Å². The van der Waals surface area contributed by atoms with E-state index >= 15 is 0 Å². The Morgan fingerprint density at radius 1 is 1.03 bits per heavy atom. The van der Waals surface area contributed by atoms with E-state index < -0.39 is 4.92 Å². The van der Waals surface area contributed by atoms with Crippen LogP contribution in [-0.4, -0.2) is 17.8 Å². The Balaban J connectivity index is 1.72. The number of nitro groups is 1. The van der Waals surface area contributed by atoms with Crippen molar-refractivity contribution in [1.29, 1.82) is 0 Å². The zero-order chi connectivity index (χ0) is 21.5. The van der Waals surface area contributed by atoms with E-state index in [0.717, 1.165) is 16.7 Å². The van der Waals surface area contributed by atoms with Crippen molar-refractivity contribution in [2.75, 3.05) is 7.11 Å². The third-order valence-electron chi connectivity index (χ3n) is 4.51. The fourth-order valence-corrected chi connectivity index (χ4v) is 2.83. The molecule has 3 rings (SSSR count). The lowest BCUT2D eigenvalue weighted by atomic mass is 10.1. The molecule has 6 nitrogen and oxygen atoms in total. The van der Waals surface area contributed by atoms with Crippen LogP contribution in [0.4, 0.5) is 5.69 Å². The van der Waals surface area contributed by atoms with Gasteiger partial charge in [0.15, 0.2) is 5.78 Å². The summed E-state index contributed by atoms with van der Waals surface area (Å²) in [4.78, 5) is 22.6. The quantitative estimate of drug-likeness (QED) is 0.218. The van der Waals surface area contributed by atoms with E-state index in [9.17, 15) is 14.9 Å². The van der Waals surface area contributed by atoms with Crippen molar-refractivity contribution in [3.63, 3.8) is 0 Å². The summed E-state index contributed by atoms with van der Waals surface area (Å²) >= 11 is 0. The molecular formula is C24H21NO5. The first kappa shape index (κ1) is 20.8. The maximum atomic E-state index is 12.3. The lowest BCUT2D eigenvalue weighted by Gasteiger charge is -2.11. The number of rotatable bonds is 8. The first-order valence-corrected chi connectivity index (χ1v) is 9.29. The van der Waals surface area contributed by atoms with Gasteiger partial charge >= 0.3 is 0 Å². The summed E-state index contributed by atoms with van der Waals surface area (Å²) in [6.07, 6.45) is 3.28. The minimum atomic E-state index is -0.458. The predicted molar refractivity (Wildman–Crippen MR) is 115 cm³/mol. The van der Waals surface area contributed by atoms with Crippen LogP contribution in [0, 0.1) is 17.0 Å². The van der Waals surface area contributed by atoms with Crippen LogP contribution >= 0.6 is 0 Å². The van der Waals surface area contributed by atoms with Crippen LogP contribution in [0.3, 0.4) is 0 Å². The number of allylic oxidation sites excluding steroid dienone is 1. The number of nitro benzene ring substituents is 1. The molecule has 152 valence electrons. The number of carbonyl (C=O) groups is 1. The second kappa shape index (κ2) is 9.52. The number of ketones is 1. The predicted octanol–water partition coefficient (Wildman–Crippen LogP) is 5.39. The molecular weight excluding hydrogens is 382 g/mol. The fourth-order valence-electron chi connectivity index (χ4n) is 2.83. The van der Waals surface area contributed by atoms with Gasteiger partial charge in [0.1, 0.15) is 18.1 Å². The summed E-state index contributed by atoms with van der Waals surface area (Å²) in [5.74, 6) is 1.09. The minimum absolute atomic E-state index is 0.00492. The molecule has 30 heavy (non-hydrogen) atoms. The highest BCUT2D eigenvalue weighted by Crippen LogP contribution is 2.24. The van der Waals surface area contributed by atoms with E-state index in [2.05, 4.69) is 0 Å². The Morgan fingerprint density at radius 2 is 1.73 bits per heavy atom. The smallest absolute Gasteiger partial charge is 0.269 e. The molecule has 0 saturated carbocycles. The molecule has 0 amide bonds. The molecule has 0 heterocycles. The summed E-state index contributed by atoms with van der Waals surface area (Å²) in [5.41, 5.74) is 3.36. The molecule has 0 fully saturated rings. The third kappa shape index (κ3) is 5.32. The monoisotopic (exact) mass is 403 g/mol. The number of methoxy groups -OCH3 is 1. The van der Waals surface area contributed by atoms with Crippen LogP contribution in [0.1, 0.15) is 27.0 Å². The van der Waals surface area contributed by atoms with Crippen molar-refractivity contribution in [3.8, 4) is 11.5 Å². The van der Waals surface area contributed by atoms with Gasteiger partial charge in [-0.2, -0.15) is 0 Å². The SMILES string of the molecule is COc1ccc(/C=C/C(=O)c2ccc(C)cc2)cc1COc1ccc([N+](=O)[O-])cc1. The van der Waals surface area contributed by atoms with Crippen LogP contribution in [0.5, 0.6) is 11.5 Å². The van der Waals surface area contributed by atoms with E-state index in [0.29, 0.717) is 17.1 Å². The summed E-state index contributed by atoms with van der Waals surface area (Å²) in [5, 5.41) is 10.7. The molecule has 0 aromatic heterocycles. The second-order valence-electron chi connectivity index (χ2n) is 6.67. The molecule has 0 aliphatic heterocycles. The second-order valence-corrected chi connectivity index (χ2v) is 6.67. The van der Waals surface area contributed by atoms with Gasteiger partial charge in [-0.05, 0) is 42.8 Å². The van der Waals surface area contributed by atoms with Gasteiger partial charge in [0.2, 0.25) is 0 Å². The molecule has 0 bridgehead atoms. The van der Waals surface area contributed by atoms with Crippen molar-refractivity contribution in [1.82, 2.24) is 0 Å². The molecule has 3 aromatic rings. The van der Waals surface area contributed by atoms with E-state index in [4.69, 9.17) is 9.47 Å². The fraction of sp³-hybridized carbons (Fsp3) is 0.125. The van der Waals surface area contributed by atoms with Crippen molar-refractivity contribution in [2.24, 2.45) is 0 Å². The van der Waals surface area contributed by atoms with Crippen LogP contribution in [0.15, 0.2) is 72.8 Å². The maximum absolute atomic E-state index is 12.3. The summed E-state index contributed by atoms with van der Waals surface area (Å²) in [6.45, 7) is 2.19. The van der Waals surface area contributed by atoms with Crippen LogP contribution in [-0.2, 0) is 6.61 Å². The van der Waals surface area contributed by atoms with Crippen molar-refractivity contribution in [3.05, 3.63) is 105 Å². The van der Waals surface area contributed by atoms with Gasteiger partial charge in [0.05, 0.1) is 12.0 Å².